The number of nitrogens with one attached hydrogen (secondary N) is 1. The lowest BCUT2D eigenvalue weighted by molar-refractivity contribution is -0.384. The molecule has 2 unspecified atom stereocenters. The van der Waals surface area contributed by atoms with Crippen LogP contribution in [0.4, 0.5) is 5.69 Å². The van der Waals surface area contributed by atoms with Crippen molar-refractivity contribution < 1.29 is 9.34 Å². The standard InChI is InChI=1S/C22H22N4O3S/c1-2-3-14-25-21(20(24-22(25)30)16-9-6-7-13-23-16)19-12-11-18(29-19)15-8-4-5-10-17(15)26(27)28/h4-13,20-21H,2-3,14H2,1H3,(H,24,30). The number of hydrogen-bond donors (Lipinski definition) is 1. The first-order chi connectivity index (χ1) is 14.6. The van der Waals surface area contributed by atoms with Gasteiger partial charge in [0.15, 0.2) is 5.11 Å². The summed E-state index contributed by atoms with van der Waals surface area (Å²) < 4.78 is 6.18. The molecule has 2 aromatic heterocycles. The fraction of sp³-hybridized carbons (Fsp3) is 0.273. The highest BCUT2D eigenvalue weighted by Crippen LogP contribution is 2.41. The summed E-state index contributed by atoms with van der Waals surface area (Å²) in [5, 5.41) is 15.5. The van der Waals surface area contributed by atoms with Gasteiger partial charge in [0.2, 0.25) is 0 Å². The van der Waals surface area contributed by atoms with E-state index in [1.165, 1.54) is 6.07 Å². The topological polar surface area (TPSA) is 84.4 Å². The SMILES string of the molecule is CCCCN1C(=S)NC(c2ccccn2)C1c1ccc(-c2ccccc2[N+](=O)[O-])o1. The van der Waals surface area contributed by atoms with Crippen molar-refractivity contribution in [2.75, 3.05) is 6.54 Å². The Balaban J connectivity index is 1.74. The van der Waals surface area contributed by atoms with E-state index in [1.54, 1.807) is 30.5 Å². The second-order valence-electron chi connectivity index (χ2n) is 7.15. The van der Waals surface area contributed by atoms with E-state index >= 15 is 0 Å². The second kappa shape index (κ2) is 8.62. The second-order valence-corrected chi connectivity index (χ2v) is 7.54. The van der Waals surface area contributed by atoms with Crippen molar-refractivity contribution in [1.29, 1.82) is 0 Å². The smallest absolute Gasteiger partial charge is 0.280 e. The van der Waals surface area contributed by atoms with E-state index in [1.807, 2.05) is 24.3 Å². The zero-order valence-corrected chi connectivity index (χ0v) is 17.3. The van der Waals surface area contributed by atoms with Crippen LogP contribution in [0.25, 0.3) is 11.3 Å². The number of thiocarbonyl (C=S) groups is 1. The summed E-state index contributed by atoms with van der Waals surface area (Å²) in [7, 11) is 0. The normalized spacial score (nSPS) is 18.4. The number of unbranched alkanes of at least 4 members (excludes halogenated alkanes) is 1. The van der Waals surface area contributed by atoms with Crippen LogP contribution >= 0.6 is 12.2 Å². The van der Waals surface area contributed by atoms with E-state index < -0.39 is 4.92 Å². The number of hydrogen-bond acceptors (Lipinski definition) is 5. The van der Waals surface area contributed by atoms with Gasteiger partial charge in [0.25, 0.3) is 5.69 Å². The van der Waals surface area contributed by atoms with E-state index in [4.69, 9.17) is 16.6 Å². The minimum absolute atomic E-state index is 0.0163. The average molecular weight is 423 g/mol. The summed E-state index contributed by atoms with van der Waals surface area (Å²) in [6, 6.07) is 15.7. The zero-order valence-electron chi connectivity index (χ0n) is 16.5. The highest BCUT2D eigenvalue weighted by atomic mass is 32.1. The van der Waals surface area contributed by atoms with Crippen molar-refractivity contribution in [1.82, 2.24) is 15.2 Å². The molecule has 4 rings (SSSR count). The Labute approximate surface area is 179 Å². The van der Waals surface area contributed by atoms with E-state index in [0.717, 1.165) is 25.1 Å². The summed E-state index contributed by atoms with van der Waals surface area (Å²) in [6.45, 7) is 2.93. The number of nitrogens with zero attached hydrogens (tertiary/aromatic N) is 3. The molecule has 154 valence electrons. The fourth-order valence-corrected chi connectivity index (χ4v) is 4.11. The van der Waals surface area contributed by atoms with Crippen LogP contribution in [0.3, 0.4) is 0 Å². The number of pyridine rings is 1. The lowest BCUT2D eigenvalue weighted by Crippen LogP contribution is -2.30. The first kappa shape index (κ1) is 20.0. The van der Waals surface area contributed by atoms with Crippen molar-refractivity contribution in [3.8, 4) is 11.3 Å². The van der Waals surface area contributed by atoms with Crippen molar-refractivity contribution in [3.63, 3.8) is 0 Å². The van der Waals surface area contributed by atoms with Gasteiger partial charge in [-0.05, 0) is 49.0 Å². The number of furan rings is 1. The molecule has 2 atom stereocenters. The van der Waals surface area contributed by atoms with E-state index in [-0.39, 0.29) is 17.8 Å². The lowest BCUT2D eigenvalue weighted by Gasteiger charge is -2.25. The molecule has 1 aliphatic rings. The van der Waals surface area contributed by atoms with Crippen LogP contribution in [0, 0.1) is 10.1 Å². The Bertz CT molecular complexity index is 1050. The molecule has 1 aliphatic heterocycles. The monoisotopic (exact) mass is 422 g/mol. The maximum atomic E-state index is 11.4. The van der Waals surface area contributed by atoms with Crippen LogP contribution in [0.5, 0.6) is 0 Å². The summed E-state index contributed by atoms with van der Waals surface area (Å²) >= 11 is 5.62. The number of benzene rings is 1. The van der Waals surface area contributed by atoms with Crippen LogP contribution in [0.15, 0.2) is 65.2 Å². The Hall–Kier alpha value is -3.26. The molecule has 1 N–H and O–H groups in total. The molecule has 0 saturated carbocycles. The molecule has 0 amide bonds. The molecule has 30 heavy (non-hydrogen) atoms. The maximum absolute atomic E-state index is 11.4. The quantitative estimate of drug-likeness (QED) is 0.325. The Morgan fingerprint density at radius 1 is 1.20 bits per heavy atom. The number of nitro benzene ring substituents is 1. The number of aromatic nitrogens is 1. The molecule has 0 radical (unpaired) electrons. The molecule has 7 nitrogen and oxygen atoms in total. The Kier molecular flexibility index (Phi) is 5.76. The number of para-hydroxylation sites is 1. The van der Waals surface area contributed by atoms with Gasteiger partial charge in [-0.1, -0.05) is 31.5 Å². The first-order valence-electron chi connectivity index (χ1n) is 9.91. The summed E-state index contributed by atoms with van der Waals surface area (Å²) in [6.07, 6.45) is 3.79. The molecule has 3 aromatic rings. The van der Waals surface area contributed by atoms with Gasteiger partial charge in [-0.15, -0.1) is 0 Å². The van der Waals surface area contributed by atoms with Crippen molar-refractivity contribution >= 4 is 23.0 Å². The van der Waals surface area contributed by atoms with E-state index in [0.29, 0.717) is 22.2 Å². The van der Waals surface area contributed by atoms with Crippen molar-refractivity contribution in [2.45, 2.75) is 31.8 Å². The molecule has 1 saturated heterocycles. The molecule has 0 spiro atoms. The minimum atomic E-state index is -0.395. The fourth-order valence-electron chi connectivity index (χ4n) is 3.78. The molecule has 1 aromatic carbocycles. The zero-order chi connectivity index (χ0) is 21.1. The Morgan fingerprint density at radius 3 is 2.73 bits per heavy atom. The summed E-state index contributed by atoms with van der Waals surface area (Å²) in [4.78, 5) is 17.7. The third-order valence-corrected chi connectivity index (χ3v) is 5.59. The summed E-state index contributed by atoms with van der Waals surface area (Å²) in [5.74, 6) is 1.16. The lowest BCUT2D eigenvalue weighted by atomic mass is 10.0. The predicted molar refractivity (Wildman–Crippen MR) is 118 cm³/mol. The molecular weight excluding hydrogens is 400 g/mol. The van der Waals surface area contributed by atoms with Gasteiger partial charge >= 0.3 is 0 Å². The van der Waals surface area contributed by atoms with Gasteiger partial charge in [-0.2, -0.15) is 0 Å². The van der Waals surface area contributed by atoms with Gasteiger partial charge in [0, 0.05) is 18.8 Å². The van der Waals surface area contributed by atoms with Crippen LogP contribution < -0.4 is 5.32 Å². The van der Waals surface area contributed by atoms with Crippen LogP contribution in [-0.2, 0) is 0 Å². The highest BCUT2D eigenvalue weighted by molar-refractivity contribution is 7.80. The third kappa shape index (κ3) is 3.78. The van der Waals surface area contributed by atoms with Gasteiger partial charge in [0.1, 0.15) is 17.6 Å². The largest absolute Gasteiger partial charge is 0.459 e. The number of nitro groups is 1. The molecular formula is C22H22N4O3S. The maximum Gasteiger partial charge on any atom is 0.280 e. The molecule has 0 aliphatic carbocycles. The van der Waals surface area contributed by atoms with Gasteiger partial charge in [0.05, 0.1) is 22.2 Å². The van der Waals surface area contributed by atoms with Gasteiger partial charge in [-0.25, -0.2) is 0 Å². The van der Waals surface area contributed by atoms with Gasteiger partial charge < -0.3 is 14.6 Å². The van der Waals surface area contributed by atoms with Crippen molar-refractivity contribution in [3.05, 3.63) is 82.4 Å². The average Bonchev–Trinajstić information content (AvgIpc) is 3.37. The minimum Gasteiger partial charge on any atom is -0.459 e. The number of rotatable bonds is 7. The first-order valence-corrected chi connectivity index (χ1v) is 10.3. The van der Waals surface area contributed by atoms with Crippen LogP contribution in [0.2, 0.25) is 0 Å². The Morgan fingerprint density at radius 2 is 2.00 bits per heavy atom. The predicted octanol–water partition coefficient (Wildman–Crippen LogP) is 5.02. The molecule has 1 fully saturated rings. The molecule has 0 bridgehead atoms. The molecule has 8 heteroatoms. The van der Waals surface area contributed by atoms with Crippen LogP contribution in [-0.4, -0.2) is 26.5 Å². The van der Waals surface area contributed by atoms with Gasteiger partial charge in [-0.3, -0.25) is 15.1 Å². The highest BCUT2D eigenvalue weighted by Gasteiger charge is 2.41. The van der Waals surface area contributed by atoms with E-state index in [9.17, 15) is 10.1 Å². The molecule has 3 heterocycles. The third-order valence-electron chi connectivity index (χ3n) is 5.23. The van der Waals surface area contributed by atoms with E-state index in [2.05, 4.69) is 22.1 Å². The van der Waals surface area contributed by atoms with Crippen LogP contribution in [0.1, 0.15) is 43.3 Å². The summed E-state index contributed by atoms with van der Waals surface area (Å²) in [5.41, 5.74) is 1.34. The van der Waals surface area contributed by atoms with Crippen molar-refractivity contribution in [2.24, 2.45) is 0 Å².